The van der Waals surface area contributed by atoms with Gasteiger partial charge in [-0.2, -0.15) is 0 Å². The monoisotopic (exact) mass is 483 g/mol. The van der Waals surface area contributed by atoms with Crippen LogP contribution in [-0.2, 0) is 13.0 Å². The fraction of sp³-hybridized carbons (Fsp3) is 0.333. The van der Waals surface area contributed by atoms with Gasteiger partial charge in [-0.05, 0) is 24.1 Å². The standard InChI is InChI=1S/C27H31N3O.2ClH/c31-23(20-29-18-16-28(17-19-29)15-14-22-8-2-1-3-9-22)21-30-26-12-6-4-10-24(26)25-11-5-7-13-27(25)30;;/h1-13,23,31H,14-21H2;2*1H/p-2. The zero-order valence-electron chi connectivity index (χ0n) is 18.8. The van der Waals surface area contributed by atoms with Crippen molar-refractivity contribution in [2.75, 3.05) is 39.3 Å². The van der Waals surface area contributed by atoms with Crippen molar-refractivity contribution >= 4 is 21.8 Å². The summed E-state index contributed by atoms with van der Waals surface area (Å²) in [7, 11) is 0. The fourth-order valence-electron chi connectivity index (χ4n) is 4.89. The summed E-state index contributed by atoms with van der Waals surface area (Å²) >= 11 is 0. The Morgan fingerprint density at radius 3 is 1.76 bits per heavy atom. The number of para-hydroxylation sites is 2. The average Bonchev–Trinajstić information content (AvgIpc) is 3.13. The first kappa shape index (κ1) is 25.5. The van der Waals surface area contributed by atoms with E-state index >= 15 is 0 Å². The molecule has 6 heteroatoms. The van der Waals surface area contributed by atoms with Gasteiger partial charge in [-0.25, -0.2) is 0 Å². The molecule has 0 saturated carbocycles. The topological polar surface area (TPSA) is 31.6 Å². The maximum atomic E-state index is 10.9. The lowest BCUT2D eigenvalue weighted by atomic mass is 10.1. The van der Waals surface area contributed by atoms with Crippen molar-refractivity contribution < 1.29 is 29.9 Å². The summed E-state index contributed by atoms with van der Waals surface area (Å²) < 4.78 is 2.28. The Kier molecular flexibility index (Phi) is 9.19. The molecule has 1 atom stereocenters. The molecule has 0 aliphatic carbocycles. The number of β-amino-alcohol motifs (C(OH)–C–C–N with tert-alkyl or cyclic N) is 1. The Bertz CT molecular complexity index is 1090. The minimum Gasteiger partial charge on any atom is -1.00 e. The van der Waals surface area contributed by atoms with Gasteiger partial charge in [0.25, 0.3) is 0 Å². The van der Waals surface area contributed by atoms with Gasteiger partial charge in [-0.1, -0.05) is 66.7 Å². The van der Waals surface area contributed by atoms with Crippen LogP contribution in [0.5, 0.6) is 0 Å². The number of hydrogen-bond donors (Lipinski definition) is 1. The van der Waals surface area contributed by atoms with E-state index in [-0.39, 0.29) is 30.9 Å². The summed E-state index contributed by atoms with van der Waals surface area (Å²) in [5.74, 6) is 0. The van der Waals surface area contributed by atoms with E-state index in [0.717, 1.165) is 45.7 Å². The van der Waals surface area contributed by atoms with E-state index in [2.05, 4.69) is 93.2 Å². The number of rotatable bonds is 7. The normalized spacial score (nSPS) is 15.8. The van der Waals surface area contributed by atoms with Gasteiger partial charge in [-0.3, -0.25) is 4.90 Å². The minimum absolute atomic E-state index is 0. The van der Waals surface area contributed by atoms with E-state index in [1.165, 1.54) is 27.4 Å². The predicted octanol–water partition coefficient (Wildman–Crippen LogP) is -1.98. The molecule has 0 bridgehead atoms. The molecule has 1 aliphatic rings. The van der Waals surface area contributed by atoms with Gasteiger partial charge in [0, 0.05) is 61.1 Å². The van der Waals surface area contributed by atoms with Gasteiger partial charge in [-0.15, -0.1) is 0 Å². The molecule has 33 heavy (non-hydrogen) atoms. The Morgan fingerprint density at radius 1 is 0.636 bits per heavy atom. The van der Waals surface area contributed by atoms with Crippen LogP contribution >= 0.6 is 0 Å². The minimum atomic E-state index is -0.380. The van der Waals surface area contributed by atoms with Crippen LogP contribution in [0.1, 0.15) is 5.56 Å². The lowest BCUT2D eigenvalue weighted by Gasteiger charge is -2.35. The predicted molar refractivity (Wildman–Crippen MR) is 128 cm³/mol. The summed E-state index contributed by atoms with van der Waals surface area (Å²) in [5.41, 5.74) is 3.81. The van der Waals surface area contributed by atoms with Crippen LogP contribution in [0.25, 0.3) is 21.8 Å². The zero-order chi connectivity index (χ0) is 21.0. The number of hydrogen-bond acceptors (Lipinski definition) is 3. The highest BCUT2D eigenvalue weighted by atomic mass is 35.5. The molecule has 1 fully saturated rings. The van der Waals surface area contributed by atoms with Crippen molar-refractivity contribution in [1.82, 2.24) is 14.4 Å². The lowest BCUT2D eigenvalue weighted by molar-refractivity contribution is -0.001000. The number of aliphatic hydroxyl groups is 1. The molecule has 4 aromatic rings. The van der Waals surface area contributed by atoms with Crippen LogP contribution in [-0.4, -0.2) is 64.8 Å². The second-order valence-corrected chi connectivity index (χ2v) is 8.68. The average molecular weight is 484 g/mol. The molecular weight excluding hydrogens is 453 g/mol. The quantitative estimate of drug-likeness (QED) is 0.330. The second-order valence-electron chi connectivity index (χ2n) is 8.68. The van der Waals surface area contributed by atoms with Crippen LogP contribution in [0, 0.1) is 0 Å². The summed E-state index contributed by atoms with van der Waals surface area (Å²) in [4.78, 5) is 4.96. The van der Waals surface area contributed by atoms with Crippen LogP contribution in [0.4, 0.5) is 0 Å². The molecule has 4 nitrogen and oxygen atoms in total. The first-order valence-electron chi connectivity index (χ1n) is 11.4. The molecule has 1 aliphatic heterocycles. The Morgan fingerprint density at radius 2 is 1.15 bits per heavy atom. The summed E-state index contributed by atoms with van der Waals surface area (Å²) in [5, 5.41) is 13.5. The smallest absolute Gasteiger partial charge is 0.0845 e. The van der Waals surface area contributed by atoms with E-state index in [4.69, 9.17) is 0 Å². The number of aliphatic hydroxyl groups excluding tert-OH is 1. The second kappa shape index (κ2) is 11.9. The van der Waals surface area contributed by atoms with Gasteiger partial charge in [0.05, 0.1) is 12.6 Å². The van der Waals surface area contributed by atoms with Crippen molar-refractivity contribution in [3.63, 3.8) is 0 Å². The Labute approximate surface area is 208 Å². The van der Waals surface area contributed by atoms with E-state index in [9.17, 15) is 5.11 Å². The first-order chi connectivity index (χ1) is 15.3. The van der Waals surface area contributed by atoms with Crippen LogP contribution in [0.15, 0.2) is 78.9 Å². The van der Waals surface area contributed by atoms with Crippen LogP contribution < -0.4 is 24.8 Å². The van der Waals surface area contributed by atoms with Crippen LogP contribution in [0.2, 0.25) is 0 Å². The molecule has 0 spiro atoms. The molecule has 1 unspecified atom stereocenters. The number of nitrogens with zero attached hydrogens (tertiary/aromatic N) is 3. The Hall–Kier alpha value is -2.08. The highest BCUT2D eigenvalue weighted by Crippen LogP contribution is 2.28. The SMILES string of the molecule is OC(CN1CCN(CCc2ccccc2)CC1)Cn1c2ccccc2c2ccccc21.[Cl-].[Cl-]. The highest BCUT2D eigenvalue weighted by molar-refractivity contribution is 6.07. The number of fused-ring (bicyclic) bond motifs is 3. The number of aromatic nitrogens is 1. The molecule has 1 saturated heterocycles. The molecule has 0 radical (unpaired) electrons. The van der Waals surface area contributed by atoms with Crippen molar-refractivity contribution in [3.8, 4) is 0 Å². The fourth-order valence-corrected chi connectivity index (χ4v) is 4.89. The molecule has 1 N–H and O–H groups in total. The molecule has 176 valence electrons. The first-order valence-corrected chi connectivity index (χ1v) is 11.4. The third kappa shape index (κ3) is 5.89. The van der Waals surface area contributed by atoms with Crippen molar-refractivity contribution in [2.45, 2.75) is 19.1 Å². The third-order valence-electron chi connectivity index (χ3n) is 6.57. The van der Waals surface area contributed by atoms with Gasteiger partial charge in [0.1, 0.15) is 0 Å². The van der Waals surface area contributed by atoms with Crippen molar-refractivity contribution in [1.29, 1.82) is 0 Å². The molecule has 5 rings (SSSR count). The number of piperazine rings is 1. The van der Waals surface area contributed by atoms with E-state index in [1.807, 2.05) is 0 Å². The van der Waals surface area contributed by atoms with Crippen molar-refractivity contribution in [2.24, 2.45) is 0 Å². The molecule has 3 aromatic carbocycles. The molecule has 2 heterocycles. The zero-order valence-corrected chi connectivity index (χ0v) is 20.3. The van der Waals surface area contributed by atoms with E-state index in [0.29, 0.717) is 6.54 Å². The third-order valence-corrected chi connectivity index (χ3v) is 6.57. The van der Waals surface area contributed by atoms with Gasteiger partial charge in [0.2, 0.25) is 0 Å². The summed E-state index contributed by atoms with van der Waals surface area (Å²) in [6.45, 7) is 6.68. The summed E-state index contributed by atoms with van der Waals surface area (Å²) in [6, 6.07) is 27.7. The number of benzene rings is 3. The largest absolute Gasteiger partial charge is 1.00 e. The van der Waals surface area contributed by atoms with E-state index < -0.39 is 0 Å². The molecule has 1 aromatic heterocycles. The molecular formula is C27H31Cl2N3O-2. The van der Waals surface area contributed by atoms with Gasteiger partial charge >= 0.3 is 0 Å². The van der Waals surface area contributed by atoms with Gasteiger partial charge < -0.3 is 39.4 Å². The maximum Gasteiger partial charge on any atom is 0.0845 e. The Balaban J connectivity index is 0.00000153. The highest BCUT2D eigenvalue weighted by Gasteiger charge is 2.20. The van der Waals surface area contributed by atoms with E-state index in [1.54, 1.807) is 0 Å². The van der Waals surface area contributed by atoms with Crippen LogP contribution in [0.3, 0.4) is 0 Å². The summed E-state index contributed by atoms with van der Waals surface area (Å²) in [6.07, 6.45) is 0.729. The lowest BCUT2D eigenvalue weighted by Crippen LogP contribution is -3.00. The van der Waals surface area contributed by atoms with Gasteiger partial charge in [0.15, 0.2) is 0 Å². The maximum absolute atomic E-state index is 10.9. The van der Waals surface area contributed by atoms with Crippen molar-refractivity contribution in [3.05, 3.63) is 84.4 Å². The number of halogens is 2. The molecule has 0 amide bonds.